The Morgan fingerprint density at radius 2 is 2.17 bits per heavy atom. The van der Waals surface area contributed by atoms with E-state index in [1.165, 1.54) is 0 Å². The van der Waals surface area contributed by atoms with Crippen LogP contribution >= 0.6 is 11.3 Å². The van der Waals surface area contributed by atoms with Crippen LogP contribution in [-0.2, 0) is 13.0 Å². The van der Waals surface area contributed by atoms with Crippen LogP contribution in [0.1, 0.15) is 24.4 Å². The maximum absolute atomic E-state index is 9.27. The fourth-order valence-corrected chi connectivity index (χ4v) is 2.80. The maximum Gasteiger partial charge on any atom is 0.124 e. The molecule has 96 valence electrons. The van der Waals surface area contributed by atoms with Crippen LogP contribution < -0.4 is 4.74 Å². The minimum Gasteiger partial charge on any atom is -0.494 e. The van der Waals surface area contributed by atoms with Gasteiger partial charge < -0.3 is 9.84 Å². The van der Waals surface area contributed by atoms with Crippen LogP contribution in [0.15, 0.2) is 24.3 Å². The van der Waals surface area contributed by atoms with Crippen molar-refractivity contribution in [1.82, 2.24) is 4.98 Å². The molecule has 0 aliphatic carbocycles. The van der Waals surface area contributed by atoms with Crippen molar-refractivity contribution in [2.75, 3.05) is 6.61 Å². The lowest BCUT2D eigenvalue weighted by Gasteiger charge is -2.03. The molecule has 3 nitrogen and oxygen atoms in total. The minimum atomic E-state index is 0.00479. The van der Waals surface area contributed by atoms with Gasteiger partial charge in [0.15, 0.2) is 0 Å². The lowest BCUT2D eigenvalue weighted by molar-refractivity contribution is 0.276. The molecule has 1 N–H and O–H groups in total. The van der Waals surface area contributed by atoms with Gasteiger partial charge in [-0.2, -0.15) is 0 Å². The molecule has 0 saturated heterocycles. The molecule has 0 atom stereocenters. The first-order valence-electron chi connectivity index (χ1n) is 6.11. The smallest absolute Gasteiger partial charge is 0.124 e. The SMILES string of the molecule is CCOc1cccc(-c2nc(CO)c(CC)s2)c1. The number of aryl methyl sites for hydroxylation is 1. The number of thiazole rings is 1. The summed E-state index contributed by atoms with van der Waals surface area (Å²) in [5, 5.41) is 10.2. The molecule has 4 heteroatoms. The number of rotatable bonds is 5. The molecule has 0 fully saturated rings. The average molecular weight is 263 g/mol. The topological polar surface area (TPSA) is 42.4 Å². The molecule has 0 aliphatic heterocycles. The second kappa shape index (κ2) is 5.98. The van der Waals surface area contributed by atoms with E-state index in [-0.39, 0.29) is 6.61 Å². The van der Waals surface area contributed by atoms with Crippen molar-refractivity contribution in [3.63, 3.8) is 0 Å². The Balaban J connectivity index is 2.35. The average Bonchev–Trinajstić information content (AvgIpc) is 2.82. The van der Waals surface area contributed by atoms with Crippen LogP contribution in [0.3, 0.4) is 0 Å². The molecule has 0 aliphatic rings. The summed E-state index contributed by atoms with van der Waals surface area (Å²) in [5.74, 6) is 0.855. The molecule has 0 radical (unpaired) electrons. The normalized spacial score (nSPS) is 10.6. The summed E-state index contributed by atoms with van der Waals surface area (Å²) in [6.07, 6.45) is 0.901. The molecule has 1 aromatic carbocycles. The van der Waals surface area contributed by atoms with Crippen molar-refractivity contribution in [2.45, 2.75) is 26.9 Å². The molecular weight excluding hydrogens is 246 g/mol. The highest BCUT2D eigenvalue weighted by Crippen LogP contribution is 2.30. The van der Waals surface area contributed by atoms with E-state index in [0.717, 1.165) is 33.3 Å². The van der Waals surface area contributed by atoms with Gasteiger partial charge in [-0.25, -0.2) is 4.98 Å². The second-order valence-corrected chi connectivity index (χ2v) is 4.95. The molecule has 0 amide bonds. The molecular formula is C14H17NO2S. The number of ether oxygens (including phenoxy) is 1. The van der Waals surface area contributed by atoms with E-state index in [1.54, 1.807) is 11.3 Å². The van der Waals surface area contributed by atoms with Crippen molar-refractivity contribution in [3.8, 4) is 16.3 Å². The van der Waals surface area contributed by atoms with E-state index in [2.05, 4.69) is 11.9 Å². The first-order chi connectivity index (χ1) is 8.78. The first-order valence-corrected chi connectivity index (χ1v) is 6.92. The van der Waals surface area contributed by atoms with Gasteiger partial charge in [0, 0.05) is 10.4 Å². The summed E-state index contributed by atoms with van der Waals surface area (Å²) >= 11 is 1.64. The van der Waals surface area contributed by atoms with E-state index in [0.29, 0.717) is 6.61 Å². The van der Waals surface area contributed by atoms with Crippen molar-refractivity contribution >= 4 is 11.3 Å². The number of hydrogen-bond acceptors (Lipinski definition) is 4. The highest BCUT2D eigenvalue weighted by atomic mass is 32.1. The fraction of sp³-hybridized carbons (Fsp3) is 0.357. The fourth-order valence-electron chi connectivity index (χ4n) is 1.79. The number of hydrogen-bond donors (Lipinski definition) is 1. The Hall–Kier alpha value is -1.39. The Kier molecular flexibility index (Phi) is 4.33. The predicted molar refractivity (Wildman–Crippen MR) is 74.0 cm³/mol. The zero-order valence-electron chi connectivity index (χ0n) is 10.6. The Bertz CT molecular complexity index is 501. The van der Waals surface area contributed by atoms with E-state index >= 15 is 0 Å². The zero-order valence-corrected chi connectivity index (χ0v) is 11.5. The van der Waals surface area contributed by atoms with Crippen molar-refractivity contribution < 1.29 is 9.84 Å². The minimum absolute atomic E-state index is 0.00479. The summed E-state index contributed by atoms with van der Waals surface area (Å²) in [4.78, 5) is 5.63. The third-order valence-corrected chi connectivity index (χ3v) is 3.93. The van der Waals surface area contributed by atoms with E-state index < -0.39 is 0 Å². The lowest BCUT2D eigenvalue weighted by Crippen LogP contribution is -1.91. The van der Waals surface area contributed by atoms with Gasteiger partial charge in [0.05, 0.1) is 18.9 Å². The number of aromatic nitrogens is 1. The Labute approximate surface area is 111 Å². The van der Waals surface area contributed by atoms with Gasteiger partial charge in [-0.15, -0.1) is 11.3 Å². The highest BCUT2D eigenvalue weighted by Gasteiger charge is 2.10. The molecule has 0 saturated carbocycles. The van der Waals surface area contributed by atoms with Gasteiger partial charge in [0.1, 0.15) is 10.8 Å². The Morgan fingerprint density at radius 3 is 2.78 bits per heavy atom. The highest BCUT2D eigenvalue weighted by molar-refractivity contribution is 7.15. The van der Waals surface area contributed by atoms with Gasteiger partial charge >= 0.3 is 0 Å². The van der Waals surface area contributed by atoms with Gasteiger partial charge in [-0.3, -0.25) is 0 Å². The third-order valence-electron chi connectivity index (χ3n) is 2.64. The van der Waals surface area contributed by atoms with Crippen LogP contribution in [0.5, 0.6) is 5.75 Å². The standard InChI is InChI=1S/C14H17NO2S/c1-3-13-12(9-16)15-14(18-13)10-6-5-7-11(8-10)17-4-2/h5-8,16H,3-4,9H2,1-2H3. The van der Waals surface area contributed by atoms with Crippen LogP contribution in [-0.4, -0.2) is 16.7 Å². The van der Waals surface area contributed by atoms with Gasteiger partial charge in [0.25, 0.3) is 0 Å². The van der Waals surface area contributed by atoms with Crippen molar-refractivity contribution in [1.29, 1.82) is 0 Å². The molecule has 18 heavy (non-hydrogen) atoms. The molecule has 2 rings (SSSR count). The summed E-state index contributed by atoms with van der Waals surface area (Å²) in [6.45, 7) is 4.70. The zero-order chi connectivity index (χ0) is 13.0. The number of aliphatic hydroxyl groups is 1. The van der Waals surface area contributed by atoms with Crippen LogP contribution in [0.2, 0.25) is 0 Å². The molecule has 0 unspecified atom stereocenters. The predicted octanol–water partition coefficient (Wildman–Crippen LogP) is 3.26. The van der Waals surface area contributed by atoms with Crippen molar-refractivity contribution in [2.24, 2.45) is 0 Å². The van der Waals surface area contributed by atoms with E-state index in [4.69, 9.17) is 4.74 Å². The lowest BCUT2D eigenvalue weighted by atomic mass is 10.2. The molecule has 1 aromatic heterocycles. The summed E-state index contributed by atoms with van der Waals surface area (Å²) < 4.78 is 5.49. The third kappa shape index (κ3) is 2.71. The van der Waals surface area contributed by atoms with E-state index in [1.807, 2.05) is 31.2 Å². The number of aliphatic hydroxyl groups excluding tert-OH is 1. The molecule has 1 heterocycles. The van der Waals surface area contributed by atoms with Crippen LogP contribution in [0, 0.1) is 0 Å². The molecule has 0 spiro atoms. The van der Waals surface area contributed by atoms with Gasteiger partial charge in [-0.05, 0) is 25.5 Å². The molecule has 0 bridgehead atoms. The van der Waals surface area contributed by atoms with Gasteiger partial charge in [0.2, 0.25) is 0 Å². The number of nitrogens with zero attached hydrogens (tertiary/aromatic N) is 1. The Morgan fingerprint density at radius 1 is 1.33 bits per heavy atom. The second-order valence-electron chi connectivity index (χ2n) is 3.86. The maximum atomic E-state index is 9.27. The summed E-state index contributed by atoms with van der Waals surface area (Å²) in [7, 11) is 0. The van der Waals surface area contributed by atoms with Crippen LogP contribution in [0.25, 0.3) is 10.6 Å². The summed E-state index contributed by atoms with van der Waals surface area (Å²) in [5.41, 5.74) is 1.83. The molecule has 2 aromatic rings. The first kappa shape index (κ1) is 13.1. The summed E-state index contributed by atoms with van der Waals surface area (Å²) in [6, 6.07) is 7.91. The largest absolute Gasteiger partial charge is 0.494 e. The monoisotopic (exact) mass is 263 g/mol. The quantitative estimate of drug-likeness (QED) is 0.900. The van der Waals surface area contributed by atoms with E-state index in [9.17, 15) is 5.11 Å². The van der Waals surface area contributed by atoms with Gasteiger partial charge in [-0.1, -0.05) is 19.1 Å². The van der Waals surface area contributed by atoms with Crippen molar-refractivity contribution in [3.05, 3.63) is 34.8 Å². The van der Waals surface area contributed by atoms with Crippen LogP contribution in [0.4, 0.5) is 0 Å². The number of benzene rings is 1.